The van der Waals surface area contributed by atoms with Gasteiger partial charge in [-0.3, -0.25) is 0 Å². The fourth-order valence-corrected chi connectivity index (χ4v) is 3.64. The van der Waals surface area contributed by atoms with Gasteiger partial charge in [-0.05, 0) is 75.9 Å². The van der Waals surface area contributed by atoms with E-state index in [0.717, 1.165) is 15.6 Å². The van der Waals surface area contributed by atoms with Crippen molar-refractivity contribution < 1.29 is 13.9 Å². The normalized spacial score (nSPS) is 10.4. The molecule has 3 aromatic rings. The fraction of sp³-hybridized carbons (Fsp3) is 0.217. The zero-order valence-electron chi connectivity index (χ0n) is 16.5. The van der Waals surface area contributed by atoms with Crippen molar-refractivity contribution in [3.63, 3.8) is 0 Å². The second-order valence-corrected chi connectivity index (χ2v) is 7.83. The van der Waals surface area contributed by atoms with E-state index < -0.39 is 0 Å². The quantitative estimate of drug-likeness (QED) is 0.327. The molecule has 0 heterocycles. The first-order valence-electron chi connectivity index (χ1n) is 9.24. The highest BCUT2D eigenvalue weighted by atomic mass is 79.9. The summed E-state index contributed by atoms with van der Waals surface area (Å²) in [6, 6.07) is 18.3. The Balaban J connectivity index is 0.00000320. The average molecular weight is 515 g/mol. The summed E-state index contributed by atoms with van der Waals surface area (Å²) >= 11 is 9.50. The van der Waals surface area contributed by atoms with Gasteiger partial charge in [-0.1, -0.05) is 41.9 Å². The van der Waals surface area contributed by atoms with Crippen molar-refractivity contribution in [1.82, 2.24) is 5.32 Å². The molecule has 0 amide bonds. The number of nitrogens with one attached hydrogen (secondary N) is 1. The van der Waals surface area contributed by atoms with Crippen LogP contribution >= 0.6 is 39.9 Å². The Hall–Kier alpha value is -1.79. The molecule has 0 saturated heterocycles. The highest BCUT2D eigenvalue weighted by Crippen LogP contribution is 2.37. The van der Waals surface area contributed by atoms with E-state index in [1.165, 1.54) is 6.07 Å². The number of methoxy groups -OCH3 is 1. The van der Waals surface area contributed by atoms with E-state index in [1.54, 1.807) is 13.2 Å². The lowest BCUT2D eigenvalue weighted by Gasteiger charge is -2.15. The highest BCUT2D eigenvalue weighted by molar-refractivity contribution is 9.10. The van der Waals surface area contributed by atoms with Gasteiger partial charge >= 0.3 is 0 Å². The highest BCUT2D eigenvalue weighted by Gasteiger charge is 2.12. The predicted molar refractivity (Wildman–Crippen MR) is 126 cm³/mol. The minimum atomic E-state index is -0.166. The molecule has 0 saturated carbocycles. The third kappa shape index (κ3) is 6.88. The van der Waals surface area contributed by atoms with Crippen molar-refractivity contribution in [2.24, 2.45) is 0 Å². The lowest BCUT2D eigenvalue weighted by molar-refractivity contribution is 0.282. The molecule has 0 atom stereocenters. The van der Waals surface area contributed by atoms with E-state index in [1.807, 2.05) is 48.5 Å². The summed E-state index contributed by atoms with van der Waals surface area (Å²) in [5.74, 6) is 1.14. The van der Waals surface area contributed by atoms with Crippen LogP contribution in [0, 0.1) is 5.82 Å². The standard InChI is InChI=1S/C23H22BrClFNO2.ClH/c1-28-22-13-17(14-27-11-10-18-4-2-3-5-21(18)26)12-20(24)23(22)29-15-16-6-8-19(25)9-7-16;/h2-9,12-13,27H,10-11,14-15H2,1H3;1H. The first kappa shape index (κ1) is 24.5. The van der Waals surface area contributed by atoms with Crippen LogP contribution in [0.25, 0.3) is 0 Å². The summed E-state index contributed by atoms with van der Waals surface area (Å²) in [5.41, 5.74) is 2.77. The molecule has 3 aromatic carbocycles. The van der Waals surface area contributed by atoms with Gasteiger partial charge in [0.1, 0.15) is 12.4 Å². The molecule has 30 heavy (non-hydrogen) atoms. The Kier molecular flexibility index (Phi) is 9.92. The number of benzene rings is 3. The van der Waals surface area contributed by atoms with Gasteiger partial charge in [0.25, 0.3) is 0 Å². The number of hydrogen-bond donors (Lipinski definition) is 1. The van der Waals surface area contributed by atoms with Gasteiger partial charge in [-0.25, -0.2) is 4.39 Å². The van der Waals surface area contributed by atoms with E-state index in [0.29, 0.717) is 48.2 Å². The van der Waals surface area contributed by atoms with Crippen LogP contribution < -0.4 is 14.8 Å². The van der Waals surface area contributed by atoms with Crippen molar-refractivity contribution >= 4 is 39.9 Å². The van der Waals surface area contributed by atoms with E-state index in [4.69, 9.17) is 21.1 Å². The molecule has 0 spiro atoms. The van der Waals surface area contributed by atoms with E-state index in [9.17, 15) is 4.39 Å². The summed E-state index contributed by atoms with van der Waals surface area (Å²) < 4.78 is 26.0. The van der Waals surface area contributed by atoms with Crippen LogP contribution in [0.2, 0.25) is 5.02 Å². The molecular weight excluding hydrogens is 492 g/mol. The minimum absolute atomic E-state index is 0. The Morgan fingerprint density at radius 2 is 1.77 bits per heavy atom. The zero-order chi connectivity index (χ0) is 20.6. The summed E-state index contributed by atoms with van der Waals surface area (Å²) in [4.78, 5) is 0. The maximum absolute atomic E-state index is 13.7. The zero-order valence-corrected chi connectivity index (χ0v) is 19.6. The van der Waals surface area contributed by atoms with Gasteiger partial charge in [0.15, 0.2) is 11.5 Å². The molecular formula is C23H23BrCl2FNO2. The van der Waals surface area contributed by atoms with Gasteiger partial charge in [0, 0.05) is 11.6 Å². The van der Waals surface area contributed by atoms with Crippen LogP contribution in [-0.4, -0.2) is 13.7 Å². The van der Waals surface area contributed by atoms with Crippen LogP contribution in [-0.2, 0) is 19.6 Å². The van der Waals surface area contributed by atoms with E-state index >= 15 is 0 Å². The molecule has 0 fully saturated rings. The lowest BCUT2D eigenvalue weighted by Crippen LogP contribution is -2.17. The molecule has 160 valence electrons. The van der Waals surface area contributed by atoms with Crippen molar-refractivity contribution in [3.8, 4) is 11.5 Å². The third-order valence-electron chi connectivity index (χ3n) is 4.44. The van der Waals surface area contributed by atoms with Gasteiger partial charge in [0.2, 0.25) is 0 Å². The number of rotatable bonds is 9. The van der Waals surface area contributed by atoms with E-state index in [2.05, 4.69) is 21.2 Å². The van der Waals surface area contributed by atoms with Crippen LogP contribution in [0.4, 0.5) is 4.39 Å². The average Bonchev–Trinajstić information content (AvgIpc) is 2.72. The van der Waals surface area contributed by atoms with Crippen LogP contribution in [0.1, 0.15) is 16.7 Å². The van der Waals surface area contributed by atoms with Gasteiger partial charge < -0.3 is 14.8 Å². The molecule has 0 aliphatic heterocycles. The molecule has 3 rings (SSSR count). The van der Waals surface area contributed by atoms with Crippen molar-refractivity contribution in [2.75, 3.05) is 13.7 Å². The summed E-state index contributed by atoms with van der Waals surface area (Å²) in [6.07, 6.45) is 0.632. The number of halogens is 4. The lowest BCUT2D eigenvalue weighted by atomic mass is 10.1. The molecule has 0 unspecified atom stereocenters. The SMILES string of the molecule is COc1cc(CNCCc2ccccc2F)cc(Br)c1OCc1ccc(Cl)cc1.Cl. The molecule has 0 bridgehead atoms. The van der Waals surface area contributed by atoms with Gasteiger partial charge in [-0.15, -0.1) is 12.4 Å². The predicted octanol–water partition coefficient (Wildman–Crippen LogP) is 6.58. The number of ether oxygens (including phenoxy) is 2. The molecule has 0 aromatic heterocycles. The fourth-order valence-electron chi connectivity index (χ4n) is 2.91. The monoisotopic (exact) mass is 513 g/mol. The largest absolute Gasteiger partial charge is 0.493 e. The van der Waals surface area contributed by atoms with E-state index in [-0.39, 0.29) is 18.2 Å². The van der Waals surface area contributed by atoms with Crippen LogP contribution in [0.5, 0.6) is 11.5 Å². The molecule has 3 nitrogen and oxygen atoms in total. The first-order valence-corrected chi connectivity index (χ1v) is 10.4. The molecule has 7 heteroatoms. The molecule has 0 aliphatic carbocycles. The van der Waals surface area contributed by atoms with Crippen molar-refractivity contribution in [2.45, 2.75) is 19.6 Å². The maximum atomic E-state index is 13.7. The maximum Gasteiger partial charge on any atom is 0.175 e. The second-order valence-electron chi connectivity index (χ2n) is 6.54. The summed E-state index contributed by atoms with van der Waals surface area (Å²) in [5, 5.41) is 4.04. The van der Waals surface area contributed by atoms with Gasteiger partial charge in [-0.2, -0.15) is 0 Å². The molecule has 0 radical (unpaired) electrons. The van der Waals surface area contributed by atoms with Crippen LogP contribution in [0.3, 0.4) is 0 Å². The third-order valence-corrected chi connectivity index (χ3v) is 5.28. The molecule has 0 aliphatic rings. The summed E-state index contributed by atoms with van der Waals surface area (Å²) in [7, 11) is 1.62. The Morgan fingerprint density at radius 1 is 1.03 bits per heavy atom. The van der Waals surface area contributed by atoms with Crippen LogP contribution in [0.15, 0.2) is 65.1 Å². The Labute approximate surface area is 196 Å². The summed E-state index contributed by atoms with van der Waals surface area (Å²) in [6.45, 7) is 1.73. The first-order chi connectivity index (χ1) is 14.1. The smallest absolute Gasteiger partial charge is 0.175 e. The van der Waals surface area contributed by atoms with Crippen molar-refractivity contribution in [1.29, 1.82) is 0 Å². The minimum Gasteiger partial charge on any atom is -0.493 e. The topological polar surface area (TPSA) is 30.5 Å². The van der Waals surface area contributed by atoms with Crippen molar-refractivity contribution in [3.05, 3.63) is 92.7 Å². The molecule has 1 N–H and O–H groups in total. The van der Waals surface area contributed by atoms with Gasteiger partial charge in [0.05, 0.1) is 11.6 Å². The number of hydrogen-bond acceptors (Lipinski definition) is 3. The Morgan fingerprint density at radius 3 is 2.47 bits per heavy atom. The second kappa shape index (κ2) is 12.2. The Bertz CT molecular complexity index is 954.